The number of esters is 1. The molecule has 0 bridgehead atoms. The van der Waals surface area contributed by atoms with Crippen LogP contribution in [-0.4, -0.2) is 44.1 Å². The highest BCUT2D eigenvalue weighted by atomic mass is 16.5. The quantitative estimate of drug-likeness (QED) is 0.0639. The van der Waals surface area contributed by atoms with E-state index in [-0.39, 0.29) is 12.3 Å². The van der Waals surface area contributed by atoms with Crippen LogP contribution in [0.25, 0.3) is 11.3 Å². The molecule has 13 heteroatoms. The molecule has 0 saturated carbocycles. The van der Waals surface area contributed by atoms with Crippen LogP contribution in [0.2, 0.25) is 0 Å². The van der Waals surface area contributed by atoms with Crippen LogP contribution in [0, 0.1) is 5.41 Å². The van der Waals surface area contributed by atoms with E-state index in [2.05, 4.69) is 46.1 Å². The number of H-pyrrole nitrogens is 1. The van der Waals surface area contributed by atoms with E-state index < -0.39 is 5.97 Å². The molecule has 4 aromatic rings. The van der Waals surface area contributed by atoms with Crippen LogP contribution in [0.1, 0.15) is 15.9 Å². The maximum absolute atomic E-state index is 11.6. The Bertz CT molecular complexity index is 1370. The molecule has 0 fully saturated rings. The highest BCUT2D eigenvalue weighted by Gasteiger charge is 2.09. The summed E-state index contributed by atoms with van der Waals surface area (Å²) >= 11 is 0. The molecule has 2 heterocycles. The predicted molar refractivity (Wildman–Crippen MR) is 129 cm³/mol. The fourth-order valence-electron chi connectivity index (χ4n) is 3.16. The first-order chi connectivity index (χ1) is 17.0. The molecule has 0 aliphatic rings. The van der Waals surface area contributed by atoms with E-state index in [1.807, 2.05) is 24.3 Å². The molecule has 0 aliphatic carbocycles. The molecule has 2 aromatic carbocycles. The number of anilines is 4. The Labute approximate surface area is 199 Å². The van der Waals surface area contributed by atoms with Crippen LogP contribution in [-0.2, 0) is 11.2 Å². The molecule has 0 spiro atoms. The van der Waals surface area contributed by atoms with E-state index in [0.29, 0.717) is 23.3 Å². The van der Waals surface area contributed by atoms with Crippen molar-refractivity contribution < 1.29 is 9.53 Å². The number of hydrogen-bond acceptors (Lipinski definition) is 10. The molecule has 4 rings (SSSR count). The summed E-state index contributed by atoms with van der Waals surface area (Å²) in [6.07, 6.45) is 1.66. The lowest BCUT2D eigenvalue weighted by atomic mass is 10.1. The summed E-state index contributed by atoms with van der Waals surface area (Å²) in [4.78, 5) is 24.2. The first-order valence-corrected chi connectivity index (χ1v) is 10.3. The van der Waals surface area contributed by atoms with Gasteiger partial charge in [0.05, 0.1) is 18.4 Å². The Kier molecular flexibility index (Phi) is 6.97. The topological polar surface area (TPSA) is 192 Å². The van der Waals surface area contributed by atoms with Crippen molar-refractivity contribution in [1.82, 2.24) is 25.1 Å². The van der Waals surface area contributed by atoms with Gasteiger partial charge in [-0.1, -0.05) is 29.5 Å². The third-order valence-electron chi connectivity index (χ3n) is 4.74. The van der Waals surface area contributed by atoms with E-state index in [1.54, 1.807) is 30.3 Å². The summed E-state index contributed by atoms with van der Waals surface area (Å²) in [5.74, 6) is 5.77. The number of carbonyl (C=O) groups excluding carboxylic acids is 1. The highest BCUT2D eigenvalue weighted by Crippen LogP contribution is 2.22. The Balaban J connectivity index is 1.43. The standard InChI is InChI=1S/C22H21N11O2/c1-35-20(34)15-7-5-14(6-8-15)17-11-19(32-30-17)28-22-26-12-25-21(29-22)27-16-4-2-3-13(9-16)10-18(23)31-33-24/h2-9,11-12H,10H2,1H3,(H3,23,24,31)(H3,25,26,27,28,29,30,32). The highest BCUT2D eigenvalue weighted by molar-refractivity contribution is 5.89. The average molecular weight is 471 g/mol. The number of hydrogen-bond donors (Lipinski definition) is 5. The first kappa shape index (κ1) is 23.0. The summed E-state index contributed by atoms with van der Waals surface area (Å²) in [5, 5.41) is 27.7. The van der Waals surface area contributed by atoms with E-state index in [9.17, 15) is 4.79 Å². The molecule has 35 heavy (non-hydrogen) atoms. The van der Waals surface area contributed by atoms with Crippen molar-refractivity contribution in [2.45, 2.75) is 6.42 Å². The third kappa shape index (κ3) is 5.98. The van der Waals surface area contributed by atoms with Gasteiger partial charge in [-0.05, 0) is 35.4 Å². The molecule has 0 unspecified atom stereocenters. The fourth-order valence-corrected chi connectivity index (χ4v) is 3.16. The van der Waals surface area contributed by atoms with Crippen LogP contribution in [0.15, 0.2) is 71.3 Å². The van der Waals surface area contributed by atoms with Gasteiger partial charge in [-0.25, -0.2) is 14.8 Å². The Morgan fingerprint density at radius 2 is 1.89 bits per heavy atom. The maximum atomic E-state index is 11.6. The van der Waals surface area contributed by atoms with E-state index >= 15 is 0 Å². The summed E-state index contributed by atoms with van der Waals surface area (Å²) < 4.78 is 4.72. The largest absolute Gasteiger partial charge is 0.465 e. The van der Waals surface area contributed by atoms with Crippen LogP contribution < -0.4 is 16.5 Å². The van der Waals surface area contributed by atoms with Crippen molar-refractivity contribution in [1.29, 1.82) is 5.41 Å². The van der Waals surface area contributed by atoms with Gasteiger partial charge in [0.1, 0.15) is 12.2 Å². The third-order valence-corrected chi connectivity index (χ3v) is 4.74. The van der Waals surface area contributed by atoms with Gasteiger partial charge in [0, 0.05) is 18.2 Å². The van der Waals surface area contributed by atoms with Crippen molar-refractivity contribution in [3.63, 3.8) is 0 Å². The Morgan fingerprint density at radius 3 is 2.63 bits per heavy atom. The predicted octanol–water partition coefficient (Wildman–Crippen LogP) is 3.38. The number of carbonyl (C=O) groups is 1. The molecule has 176 valence electrons. The van der Waals surface area contributed by atoms with Crippen molar-refractivity contribution in [3.8, 4) is 11.3 Å². The van der Waals surface area contributed by atoms with Gasteiger partial charge in [-0.3, -0.25) is 10.5 Å². The van der Waals surface area contributed by atoms with Gasteiger partial charge in [-0.15, -0.1) is 5.11 Å². The second kappa shape index (κ2) is 10.6. The number of methoxy groups -OCH3 is 1. The van der Waals surface area contributed by atoms with Crippen LogP contribution in [0.4, 0.5) is 23.4 Å². The molecular weight excluding hydrogens is 450 g/mol. The van der Waals surface area contributed by atoms with Gasteiger partial charge in [-0.2, -0.15) is 10.1 Å². The lowest BCUT2D eigenvalue weighted by molar-refractivity contribution is 0.0600. The molecule has 0 saturated heterocycles. The van der Waals surface area contributed by atoms with Gasteiger partial charge < -0.3 is 21.2 Å². The number of nitrogens with zero attached hydrogens (tertiary/aromatic N) is 6. The second-order valence-electron chi connectivity index (χ2n) is 7.16. The molecule has 6 N–H and O–H groups in total. The van der Waals surface area contributed by atoms with Crippen molar-refractivity contribution in [2.24, 2.45) is 16.2 Å². The summed E-state index contributed by atoms with van der Waals surface area (Å²) in [7, 11) is 1.34. The van der Waals surface area contributed by atoms with Crippen LogP contribution in [0.3, 0.4) is 0 Å². The number of ether oxygens (including phenoxy) is 1. The number of nitrogens with one attached hydrogen (secondary N) is 4. The minimum Gasteiger partial charge on any atom is -0.465 e. The van der Waals surface area contributed by atoms with E-state index in [4.69, 9.17) is 16.0 Å². The zero-order valence-corrected chi connectivity index (χ0v) is 18.6. The molecule has 0 radical (unpaired) electrons. The smallest absolute Gasteiger partial charge is 0.337 e. The zero-order valence-electron chi connectivity index (χ0n) is 18.6. The number of benzene rings is 2. The van der Waals surface area contributed by atoms with Crippen molar-refractivity contribution in [3.05, 3.63) is 72.1 Å². The maximum Gasteiger partial charge on any atom is 0.337 e. The van der Waals surface area contributed by atoms with Gasteiger partial charge >= 0.3 is 5.97 Å². The lowest BCUT2D eigenvalue weighted by Crippen LogP contribution is -2.03. The summed E-state index contributed by atoms with van der Waals surface area (Å²) in [6.45, 7) is 0. The van der Waals surface area contributed by atoms with Crippen LogP contribution in [0.5, 0.6) is 0 Å². The average Bonchev–Trinajstić information content (AvgIpc) is 3.32. The zero-order chi connectivity index (χ0) is 24.6. The summed E-state index contributed by atoms with van der Waals surface area (Å²) in [6, 6.07) is 16.1. The monoisotopic (exact) mass is 471 g/mol. The SMILES string of the molecule is COC(=O)c1ccc(-c2cc(Nc3ncnc(Nc4cccc(CC(=N)N=NN)c4)n3)n[nH]2)cc1. The molecule has 0 aliphatic heterocycles. The number of nitrogens with two attached hydrogens (primary N) is 1. The van der Waals surface area contributed by atoms with Crippen molar-refractivity contribution >= 4 is 35.2 Å². The van der Waals surface area contributed by atoms with E-state index in [1.165, 1.54) is 13.4 Å². The normalized spacial score (nSPS) is 10.8. The fraction of sp³-hybridized carbons (Fsp3) is 0.0909. The Hall–Kier alpha value is -5.20. The minimum atomic E-state index is -0.396. The lowest BCUT2D eigenvalue weighted by Gasteiger charge is -2.07. The van der Waals surface area contributed by atoms with Gasteiger partial charge in [0.2, 0.25) is 11.9 Å². The second-order valence-corrected chi connectivity index (χ2v) is 7.16. The number of rotatable bonds is 8. The Morgan fingerprint density at radius 1 is 1.11 bits per heavy atom. The number of aromatic nitrogens is 5. The van der Waals surface area contributed by atoms with E-state index in [0.717, 1.165) is 22.5 Å². The van der Waals surface area contributed by atoms with Gasteiger partial charge in [0.25, 0.3) is 0 Å². The summed E-state index contributed by atoms with van der Waals surface area (Å²) in [5.41, 5.74) is 3.63. The molecule has 13 nitrogen and oxygen atoms in total. The van der Waals surface area contributed by atoms with Gasteiger partial charge in [0.15, 0.2) is 5.82 Å². The van der Waals surface area contributed by atoms with Crippen LogP contribution >= 0.6 is 0 Å². The minimum absolute atomic E-state index is 0.0501. The molecular formula is C22H21N11O2. The number of amidine groups is 1. The molecule has 0 atom stereocenters. The molecule has 0 amide bonds. The molecule has 2 aromatic heterocycles. The van der Waals surface area contributed by atoms with Crippen molar-refractivity contribution in [2.75, 3.05) is 17.7 Å². The number of aromatic amines is 1. The first-order valence-electron chi connectivity index (χ1n) is 10.3.